The summed E-state index contributed by atoms with van der Waals surface area (Å²) in [5, 5.41) is 3.52. The Labute approximate surface area is 90.7 Å². The fraction of sp³-hybridized carbons (Fsp3) is 0.538. The zero-order chi connectivity index (χ0) is 10.7. The Balaban J connectivity index is 2.23. The molecule has 0 radical (unpaired) electrons. The molecule has 1 unspecified atom stereocenters. The topological polar surface area (TPSA) is 12.0 Å². The van der Waals surface area contributed by atoms with E-state index < -0.39 is 0 Å². The van der Waals surface area contributed by atoms with Gasteiger partial charge in [0.2, 0.25) is 0 Å². The van der Waals surface area contributed by atoms with Crippen molar-refractivity contribution in [2.24, 2.45) is 0 Å². The minimum absolute atomic E-state index is 0.103. The van der Waals surface area contributed by atoms with Crippen molar-refractivity contribution >= 4 is 0 Å². The van der Waals surface area contributed by atoms with Gasteiger partial charge in [0.1, 0.15) is 0 Å². The lowest BCUT2D eigenvalue weighted by Crippen LogP contribution is -2.33. The van der Waals surface area contributed by atoms with Gasteiger partial charge in [0, 0.05) is 12.0 Å². The van der Waals surface area contributed by atoms with E-state index in [2.05, 4.69) is 24.4 Å². The van der Waals surface area contributed by atoms with E-state index in [1.54, 1.807) is 0 Å². The number of nitrogens with one attached hydrogen (secondary N) is 1. The molecule has 82 valence electrons. The highest BCUT2D eigenvalue weighted by Gasteiger charge is 2.29. The first-order chi connectivity index (χ1) is 7.24. The molecule has 1 heterocycles. The molecule has 2 heteroatoms. The minimum atomic E-state index is -0.270. The molecule has 2 rings (SSSR count). The first kappa shape index (κ1) is 10.6. The van der Waals surface area contributed by atoms with E-state index >= 15 is 0 Å². The molecular weight excluding hydrogens is 189 g/mol. The lowest BCUT2D eigenvalue weighted by molar-refractivity contribution is 0.433. The molecule has 15 heavy (non-hydrogen) atoms. The minimum Gasteiger partial charge on any atom is -0.308 e. The van der Waals surface area contributed by atoms with Crippen LogP contribution in [0, 0.1) is 0 Å². The number of rotatable bonds is 3. The lowest BCUT2D eigenvalue weighted by atomic mass is 9.89. The molecule has 1 aliphatic heterocycles. The molecule has 1 nitrogen and oxygen atoms in total. The Bertz CT molecular complexity index is 329. The van der Waals surface area contributed by atoms with Crippen LogP contribution in [-0.2, 0) is 12.0 Å². The third-order valence-electron chi connectivity index (χ3n) is 3.32. The van der Waals surface area contributed by atoms with Crippen molar-refractivity contribution in [3.8, 4) is 0 Å². The van der Waals surface area contributed by atoms with Crippen LogP contribution in [0.1, 0.15) is 30.9 Å². The second-order valence-electron chi connectivity index (χ2n) is 4.50. The molecule has 0 bridgehead atoms. The summed E-state index contributed by atoms with van der Waals surface area (Å²) in [6, 6.07) is 8.31. The van der Waals surface area contributed by atoms with Gasteiger partial charge in [0.15, 0.2) is 0 Å². The second-order valence-corrected chi connectivity index (χ2v) is 4.50. The zero-order valence-electron chi connectivity index (χ0n) is 9.22. The van der Waals surface area contributed by atoms with Gasteiger partial charge in [-0.25, -0.2) is 0 Å². The van der Waals surface area contributed by atoms with Crippen LogP contribution in [0.15, 0.2) is 24.3 Å². The summed E-state index contributed by atoms with van der Waals surface area (Å²) in [6.45, 7) is 3.05. The molecule has 0 aromatic heterocycles. The SMILES string of the molecule is CC1(c2cccc(CCF)c2)CCCN1. The summed E-state index contributed by atoms with van der Waals surface area (Å²) in [5.74, 6) is 0. The van der Waals surface area contributed by atoms with E-state index in [1.165, 1.54) is 18.4 Å². The summed E-state index contributed by atoms with van der Waals surface area (Å²) >= 11 is 0. The van der Waals surface area contributed by atoms with Crippen molar-refractivity contribution in [1.29, 1.82) is 0 Å². The number of hydrogen-bond donors (Lipinski definition) is 1. The highest BCUT2D eigenvalue weighted by Crippen LogP contribution is 2.30. The molecular formula is C13H18FN. The Hall–Kier alpha value is -0.890. The largest absolute Gasteiger partial charge is 0.308 e. The summed E-state index contributed by atoms with van der Waals surface area (Å²) in [5.41, 5.74) is 2.50. The second kappa shape index (κ2) is 4.31. The van der Waals surface area contributed by atoms with Crippen LogP contribution < -0.4 is 5.32 Å². The highest BCUT2D eigenvalue weighted by atomic mass is 19.1. The van der Waals surface area contributed by atoms with E-state index in [9.17, 15) is 4.39 Å². The van der Waals surface area contributed by atoms with Crippen molar-refractivity contribution in [1.82, 2.24) is 5.32 Å². The van der Waals surface area contributed by atoms with Crippen LogP contribution in [0.2, 0.25) is 0 Å². The van der Waals surface area contributed by atoms with Crippen LogP contribution in [0.4, 0.5) is 4.39 Å². The molecule has 0 amide bonds. The average molecular weight is 207 g/mol. The quantitative estimate of drug-likeness (QED) is 0.803. The molecule has 1 atom stereocenters. The number of aryl methyl sites for hydroxylation is 1. The van der Waals surface area contributed by atoms with Gasteiger partial charge in [0.05, 0.1) is 6.67 Å². The van der Waals surface area contributed by atoms with Crippen molar-refractivity contribution in [2.45, 2.75) is 31.7 Å². The van der Waals surface area contributed by atoms with Gasteiger partial charge < -0.3 is 5.32 Å². The fourth-order valence-electron chi connectivity index (χ4n) is 2.32. The molecule has 1 N–H and O–H groups in total. The molecule has 0 spiro atoms. The summed E-state index contributed by atoms with van der Waals surface area (Å²) in [7, 11) is 0. The van der Waals surface area contributed by atoms with Crippen LogP contribution in [0.3, 0.4) is 0 Å². The first-order valence-corrected chi connectivity index (χ1v) is 5.65. The molecule has 1 aromatic carbocycles. The van der Waals surface area contributed by atoms with E-state index in [1.807, 2.05) is 12.1 Å². The predicted molar refractivity (Wildman–Crippen MR) is 60.7 cm³/mol. The maximum atomic E-state index is 12.3. The number of hydrogen-bond acceptors (Lipinski definition) is 1. The van der Waals surface area contributed by atoms with Crippen molar-refractivity contribution in [3.63, 3.8) is 0 Å². The Morgan fingerprint density at radius 2 is 2.33 bits per heavy atom. The standard InChI is InChI=1S/C13H18FN/c1-13(7-3-9-15-13)12-5-2-4-11(10-12)6-8-14/h2,4-5,10,15H,3,6-9H2,1H3. The van der Waals surface area contributed by atoms with Crippen LogP contribution in [0.5, 0.6) is 0 Å². The van der Waals surface area contributed by atoms with Crippen molar-refractivity contribution in [2.75, 3.05) is 13.2 Å². The maximum absolute atomic E-state index is 12.3. The number of alkyl halides is 1. The average Bonchev–Trinajstić information content (AvgIpc) is 2.68. The van der Waals surface area contributed by atoms with Gasteiger partial charge >= 0.3 is 0 Å². The van der Waals surface area contributed by atoms with Crippen LogP contribution in [-0.4, -0.2) is 13.2 Å². The Kier molecular flexibility index (Phi) is 3.06. The summed E-state index contributed by atoms with van der Waals surface area (Å²) in [4.78, 5) is 0. The smallest absolute Gasteiger partial charge is 0.0934 e. The number of benzene rings is 1. The normalized spacial score (nSPS) is 25.7. The molecule has 1 saturated heterocycles. The van der Waals surface area contributed by atoms with E-state index in [-0.39, 0.29) is 12.2 Å². The van der Waals surface area contributed by atoms with E-state index in [0.717, 1.165) is 12.1 Å². The van der Waals surface area contributed by atoms with Gasteiger partial charge in [-0.15, -0.1) is 0 Å². The summed E-state index contributed by atoms with van der Waals surface area (Å²) < 4.78 is 12.3. The third-order valence-corrected chi connectivity index (χ3v) is 3.32. The molecule has 0 aliphatic carbocycles. The van der Waals surface area contributed by atoms with Crippen molar-refractivity contribution in [3.05, 3.63) is 35.4 Å². The molecule has 1 aromatic rings. The number of halogens is 1. The maximum Gasteiger partial charge on any atom is 0.0934 e. The zero-order valence-corrected chi connectivity index (χ0v) is 9.22. The third kappa shape index (κ3) is 2.20. The van der Waals surface area contributed by atoms with Crippen LogP contribution >= 0.6 is 0 Å². The van der Waals surface area contributed by atoms with E-state index in [0.29, 0.717) is 6.42 Å². The lowest BCUT2D eigenvalue weighted by Gasteiger charge is -2.25. The molecule has 1 aliphatic rings. The van der Waals surface area contributed by atoms with Crippen molar-refractivity contribution < 1.29 is 4.39 Å². The Morgan fingerprint density at radius 1 is 1.47 bits per heavy atom. The van der Waals surface area contributed by atoms with E-state index in [4.69, 9.17) is 0 Å². The highest BCUT2D eigenvalue weighted by molar-refractivity contribution is 5.30. The first-order valence-electron chi connectivity index (χ1n) is 5.65. The van der Waals surface area contributed by atoms with Gasteiger partial charge in [-0.1, -0.05) is 24.3 Å². The molecule has 0 saturated carbocycles. The predicted octanol–water partition coefficient (Wildman–Crippen LogP) is 2.80. The van der Waals surface area contributed by atoms with Gasteiger partial charge in [-0.2, -0.15) is 0 Å². The fourth-order valence-corrected chi connectivity index (χ4v) is 2.32. The van der Waals surface area contributed by atoms with Gasteiger partial charge in [0.25, 0.3) is 0 Å². The Morgan fingerprint density at radius 3 is 3.00 bits per heavy atom. The summed E-state index contributed by atoms with van der Waals surface area (Å²) in [6.07, 6.45) is 2.93. The monoisotopic (exact) mass is 207 g/mol. The van der Waals surface area contributed by atoms with Gasteiger partial charge in [-0.3, -0.25) is 4.39 Å². The molecule has 1 fully saturated rings. The van der Waals surface area contributed by atoms with Gasteiger partial charge in [-0.05, 0) is 37.4 Å². The van der Waals surface area contributed by atoms with Crippen LogP contribution in [0.25, 0.3) is 0 Å².